The number of nitrogens with zero attached hydrogens (tertiary/aromatic N) is 1. The lowest BCUT2D eigenvalue weighted by Crippen LogP contribution is -2.19. The van der Waals surface area contributed by atoms with Crippen LogP contribution < -0.4 is 4.90 Å². The van der Waals surface area contributed by atoms with E-state index in [-0.39, 0.29) is 5.41 Å². The molecule has 12 rings (SSSR count). The first-order valence-corrected chi connectivity index (χ1v) is 18.4. The fourth-order valence-corrected chi connectivity index (χ4v) is 10.5. The molecule has 2 heteroatoms. The molecule has 0 saturated heterocycles. The quantitative estimate of drug-likeness (QED) is 0.185. The molecule has 51 heavy (non-hydrogen) atoms. The molecule has 3 atom stereocenters. The summed E-state index contributed by atoms with van der Waals surface area (Å²) in [5.74, 6) is 1.08. The van der Waals surface area contributed by atoms with Crippen molar-refractivity contribution in [3.8, 4) is 11.1 Å². The van der Waals surface area contributed by atoms with Crippen LogP contribution in [0.5, 0.6) is 0 Å². The number of para-hydroxylation sites is 1. The Labute approximate surface area is 297 Å². The Hall–Kier alpha value is -5.86. The van der Waals surface area contributed by atoms with Gasteiger partial charge in [0.2, 0.25) is 0 Å². The second-order valence-corrected chi connectivity index (χ2v) is 15.5. The maximum atomic E-state index is 6.62. The fraction of sp³-hybridized carbons (Fsp3) is 0.143. The number of allylic oxidation sites excluding steroid dienone is 12. The maximum absolute atomic E-state index is 6.62. The molecule has 2 heterocycles. The van der Waals surface area contributed by atoms with Gasteiger partial charge in [0.1, 0.15) is 11.2 Å². The van der Waals surface area contributed by atoms with Crippen molar-refractivity contribution < 1.29 is 4.42 Å². The number of furan rings is 1. The maximum Gasteiger partial charge on any atom is 0.140 e. The zero-order valence-electron chi connectivity index (χ0n) is 28.7. The van der Waals surface area contributed by atoms with Crippen LogP contribution in [0.1, 0.15) is 59.6 Å². The molecular weight excluding hydrogens is 619 g/mol. The van der Waals surface area contributed by atoms with E-state index in [4.69, 9.17) is 4.42 Å². The average Bonchev–Trinajstić information content (AvgIpc) is 3.88. The first-order valence-electron chi connectivity index (χ1n) is 18.4. The summed E-state index contributed by atoms with van der Waals surface area (Å²) in [5.41, 5.74) is 20.8. The van der Waals surface area contributed by atoms with Crippen LogP contribution in [0.2, 0.25) is 0 Å². The molecule has 0 amide bonds. The molecule has 1 aliphatic heterocycles. The zero-order valence-corrected chi connectivity index (χ0v) is 28.7. The molecule has 0 radical (unpaired) electrons. The third-order valence-electron chi connectivity index (χ3n) is 12.7. The minimum Gasteiger partial charge on any atom is -0.456 e. The predicted octanol–water partition coefficient (Wildman–Crippen LogP) is 12.7. The van der Waals surface area contributed by atoms with Crippen LogP contribution >= 0.6 is 0 Å². The van der Waals surface area contributed by atoms with Gasteiger partial charge in [0, 0.05) is 50.9 Å². The van der Waals surface area contributed by atoms with E-state index < -0.39 is 0 Å². The van der Waals surface area contributed by atoms with Crippen molar-refractivity contribution in [1.82, 2.24) is 0 Å². The number of rotatable bonds is 2. The van der Waals surface area contributed by atoms with E-state index in [2.05, 4.69) is 164 Å². The van der Waals surface area contributed by atoms with Crippen molar-refractivity contribution in [2.45, 2.75) is 31.6 Å². The van der Waals surface area contributed by atoms with Crippen LogP contribution in [0, 0.1) is 11.8 Å². The van der Waals surface area contributed by atoms with E-state index in [0.717, 1.165) is 17.6 Å². The molecule has 242 valence electrons. The molecule has 5 aromatic carbocycles. The van der Waals surface area contributed by atoms with Crippen LogP contribution in [0.25, 0.3) is 49.8 Å². The smallest absolute Gasteiger partial charge is 0.140 e. The van der Waals surface area contributed by atoms with Gasteiger partial charge in [-0.15, -0.1) is 0 Å². The topological polar surface area (TPSA) is 16.4 Å². The molecule has 0 bridgehead atoms. The molecule has 3 unspecified atom stereocenters. The Bertz CT molecular complexity index is 2760. The standard InChI is InChI=1S/C49H35NO/c1-49(2)42-27-44-41(26-40(42)38-24-25-39-34-13-6-8-17-45(34)51-48(39)47(38)49)33-12-5-7-16-43(33)50(44)29-20-18-28(19-21-29)30-22-23-37-32-11-4-3-10-31(32)36-15-9-14-35(30)46(36)37/h3-11,13-27,33,35,46H,12H2,1-2H3. The van der Waals surface area contributed by atoms with Gasteiger partial charge in [0.05, 0.1) is 5.69 Å². The Morgan fingerprint density at radius 2 is 1.47 bits per heavy atom. The van der Waals surface area contributed by atoms with Gasteiger partial charge < -0.3 is 9.32 Å². The molecule has 0 saturated carbocycles. The molecule has 0 N–H and O–H groups in total. The van der Waals surface area contributed by atoms with Gasteiger partial charge in [-0.3, -0.25) is 0 Å². The third kappa shape index (κ3) is 3.52. The Morgan fingerprint density at radius 1 is 0.686 bits per heavy atom. The third-order valence-corrected chi connectivity index (χ3v) is 12.7. The second kappa shape index (κ2) is 9.68. The van der Waals surface area contributed by atoms with E-state index in [1.165, 1.54) is 89.1 Å². The number of benzene rings is 5. The molecule has 0 spiro atoms. The molecule has 6 aliphatic rings. The number of fused-ring (bicyclic) bond motifs is 13. The summed E-state index contributed by atoms with van der Waals surface area (Å²) in [6.07, 6.45) is 19.7. The normalized spacial score (nSPS) is 22.5. The first kappa shape index (κ1) is 27.9. The molecule has 0 fully saturated rings. The van der Waals surface area contributed by atoms with E-state index in [1.54, 1.807) is 0 Å². The van der Waals surface area contributed by atoms with E-state index in [0.29, 0.717) is 17.8 Å². The highest BCUT2D eigenvalue weighted by atomic mass is 16.3. The second-order valence-electron chi connectivity index (χ2n) is 15.5. The van der Waals surface area contributed by atoms with Gasteiger partial charge in [-0.1, -0.05) is 117 Å². The predicted molar refractivity (Wildman–Crippen MR) is 211 cm³/mol. The minimum absolute atomic E-state index is 0.205. The van der Waals surface area contributed by atoms with Gasteiger partial charge in [-0.05, 0) is 105 Å². The van der Waals surface area contributed by atoms with Gasteiger partial charge in [0.15, 0.2) is 0 Å². The van der Waals surface area contributed by atoms with Crippen LogP contribution in [-0.2, 0) is 5.41 Å². The lowest BCUT2D eigenvalue weighted by Gasteiger charge is -2.32. The van der Waals surface area contributed by atoms with Crippen molar-refractivity contribution in [3.05, 3.63) is 185 Å². The minimum atomic E-state index is -0.205. The largest absolute Gasteiger partial charge is 0.456 e. The zero-order chi connectivity index (χ0) is 33.6. The number of hydrogen-bond acceptors (Lipinski definition) is 2. The van der Waals surface area contributed by atoms with Gasteiger partial charge >= 0.3 is 0 Å². The SMILES string of the molecule is CC1(C)c2cc3c(cc2-c2ccc4c(oc5ccccc54)c21)C1CC=CC=C1N3c1ccc(C2=CC=C3c4ccccc4C4=CC=CC2C43)cc1. The Balaban J connectivity index is 0.962. The van der Waals surface area contributed by atoms with Gasteiger partial charge in [-0.2, -0.15) is 0 Å². The highest BCUT2D eigenvalue weighted by Crippen LogP contribution is 2.59. The lowest BCUT2D eigenvalue weighted by molar-refractivity contribution is 0.620. The van der Waals surface area contributed by atoms with E-state index in [1.807, 2.05) is 0 Å². The van der Waals surface area contributed by atoms with Crippen molar-refractivity contribution in [2.24, 2.45) is 11.8 Å². The summed E-state index contributed by atoms with van der Waals surface area (Å²) in [6.45, 7) is 4.75. The molecule has 5 aliphatic carbocycles. The van der Waals surface area contributed by atoms with Crippen LogP contribution in [0.15, 0.2) is 156 Å². The van der Waals surface area contributed by atoms with Crippen LogP contribution in [0.4, 0.5) is 11.4 Å². The lowest BCUT2D eigenvalue weighted by atomic mass is 9.72. The van der Waals surface area contributed by atoms with Crippen LogP contribution in [0.3, 0.4) is 0 Å². The fourth-order valence-electron chi connectivity index (χ4n) is 10.5. The van der Waals surface area contributed by atoms with Crippen LogP contribution in [-0.4, -0.2) is 0 Å². The van der Waals surface area contributed by atoms with Crippen molar-refractivity contribution >= 4 is 50.0 Å². The molecule has 6 aromatic rings. The summed E-state index contributed by atoms with van der Waals surface area (Å²) >= 11 is 0. The van der Waals surface area contributed by atoms with Crippen molar-refractivity contribution in [2.75, 3.05) is 4.90 Å². The first-order chi connectivity index (χ1) is 25.1. The summed E-state index contributed by atoms with van der Waals surface area (Å²) in [5, 5.41) is 2.39. The van der Waals surface area contributed by atoms with Crippen molar-refractivity contribution in [3.63, 3.8) is 0 Å². The van der Waals surface area contributed by atoms with Gasteiger partial charge in [0.25, 0.3) is 0 Å². The highest BCUT2D eigenvalue weighted by molar-refractivity contribution is 6.09. The highest BCUT2D eigenvalue weighted by Gasteiger charge is 2.44. The summed E-state index contributed by atoms with van der Waals surface area (Å²) in [6, 6.07) is 36.4. The molecular formula is C49H35NO. The Kier molecular flexibility index (Phi) is 5.29. The number of anilines is 2. The molecule has 2 nitrogen and oxygen atoms in total. The van der Waals surface area contributed by atoms with Crippen molar-refractivity contribution in [1.29, 1.82) is 0 Å². The number of hydrogen-bond donors (Lipinski definition) is 0. The summed E-state index contributed by atoms with van der Waals surface area (Å²) < 4.78 is 6.62. The summed E-state index contributed by atoms with van der Waals surface area (Å²) in [4.78, 5) is 2.53. The Morgan fingerprint density at radius 3 is 2.33 bits per heavy atom. The summed E-state index contributed by atoms with van der Waals surface area (Å²) in [7, 11) is 0. The molecule has 1 aromatic heterocycles. The monoisotopic (exact) mass is 653 g/mol. The van der Waals surface area contributed by atoms with E-state index in [9.17, 15) is 0 Å². The van der Waals surface area contributed by atoms with E-state index >= 15 is 0 Å². The average molecular weight is 654 g/mol. The van der Waals surface area contributed by atoms with Gasteiger partial charge in [-0.25, -0.2) is 0 Å².